The van der Waals surface area contributed by atoms with E-state index in [9.17, 15) is 40.2 Å². The van der Waals surface area contributed by atoms with Crippen molar-refractivity contribution in [3.63, 3.8) is 0 Å². The largest absolute Gasteiger partial charge is 0.508 e. The van der Waals surface area contributed by atoms with Gasteiger partial charge in [0.25, 0.3) is 0 Å². The molecule has 264 valence electrons. The first-order valence-corrected chi connectivity index (χ1v) is 15.9. The molecule has 0 amide bonds. The van der Waals surface area contributed by atoms with Gasteiger partial charge in [0.05, 0.1) is 30.8 Å². The van der Waals surface area contributed by atoms with Gasteiger partial charge in [-0.2, -0.15) is 0 Å². The van der Waals surface area contributed by atoms with Gasteiger partial charge >= 0.3 is 5.97 Å². The van der Waals surface area contributed by atoms with Crippen molar-refractivity contribution < 1.29 is 68.6 Å². The second-order valence-corrected chi connectivity index (χ2v) is 12.5. The highest BCUT2D eigenvalue weighted by atomic mass is 16.8. The van der Waals surface area contributed by atoms with Gasteiger partial charge in [0.2, 0.25) is 6.29 Å². The van der Waals surface area contributed by atoms with E-state index in [1.807, 2.05) is 0 Å². The Morgan fingerprint density at radius 1 is 1.00 bits per heavy atom. The van der Waals surface area contributed by atoms with Crippen molar-refractivity contribution in [2.24, 2.45) is 0 Å². The van der Waals surface area contributed by atoms with Gasteiger partial charge in [-0.1, -0.05) is 30.3 Å². The van der Waals surface area contributed by atoms with Crippen molar-refractivity contribution in [3.05, 3.63) is 89.6 Å². The first kappa shape index (κ1) is 33.9. The first-order valence-electron chi connectivity index (χ1n) is 15.9. The number of Topliss-reactive ketones (excluding diaryl/α,β-unsaturated/α-hetero) is 1. The zero-order valence-electron chi connectivity index (χ0n) is 26.3. The van der Waals surface area contributed by atoms with Crippen LogP contribution in [0.15, 0.2) is 72.9 Å². The number of rotatable bonds is 9. The lowest BCUT2D eigenvalue weighted by atomic mass is 9.96. The molecule has 0 aliphatic carbocycles. The van der Waals surface area contributed by atoms with Crippen LogP contribution in [0.5, 0.6) is 17.2 Å². The van der Waals surface area contributed by atoms with Crippen LogP contribution in [0.25, 0.3) is 10.9 Å². The van der Waals surface area contributed by atoms with Gasteiger partial charge in [-0.3, -0.25) is 4.79 Å². The number of phenolic OH excluding ortho intramolecular Hbond substituents is 1. The van der Waals surface area contributed by atoms with Gasteiger partial charge in [0.15, 0.2) is 23.8 Å². The van der Waals surface area contributed by atoms with Crippen LogP contribution in [0.3, 0.4) is 0 Å². The zero-order valence-corrected chi connectivity index (χ0v) is 26.3. The van der Waals surface area contributed by atoms with E-state index in [1.54, 1.807) is 48.5 Å². The number of aliphatic hydroxyl groups is 5. The van der Waals surface area contributed by atoms with Crippen LogP contribution in [0, 0.1) is 0 Å². The maximum Gasteiger partial charge on any atom is 0.340 e. The summed E-state index contributed by atoms with van der Waals surface area (Å²) in [6.07, 6.45) is -9.99. The number of nitrogens with one attached hydrogen (secondary N) is 1. The molecule has 3 aromatic carbocycles. The quantitative estimate of drug-likeness (QED) is 0.122. The maximum atomic E-state index is 12.8. The third-order valence-corrected chi connectivity index (χ3v) is 9.09. The molecule has 4 aromatic rings. The Balaban J connectivity index is 1.02. The lowest BCUT2D eigenvalue weighted by Crippen LogP contribution is -2.62. The normalized spacial score (nSPS) is 30.9. The van der Waals surface area contributed by atoms with Crippen LogP contribution in [-0.2, 0) is 18.9 Å². The highest BCUT2D eigenvalue weighted by molar-refractivity contribution is 6.04. The summed E-state index contributed by atoms with van der Waals surface area (Å²) < 4.78 is 34.3. The van der Waals surface area contributed by atoms with Gasteiger partial charge in [0.1, 0.15) is 54.4 Å². The summed E-state index contributed by atoms with van der Waals surface area (Å²) in [7, 11) is 0. The first-order chi connectivity index (χ1) is 24.0. The summed E-state index contributed by atoms with van der Waals surface area (Å²) >= 11 is 0. The molecular formula is C35H35NO14. The number of hydrogen-bond donors (Lipinski definition) is 7. The molecule has 9 unspecified atom stereocenters. The minimum absolute atomic E-state index is 0.0382. The molecular weight excluding hydrogens is 658 g/mol. The lowest BCUT2D eigenvalue weighted by Gasteiger charge is -2.42. The molecule has 3 aliphatic rings. The van der Waals surface area contributed by atoms with E-state index in [2.05, 4.69) is 4.98 Å². The summed E-state index contributed by atoms with van der Waals surface area (Å²) in [6, 6.07) is 17.8. The van der Waals surface area contributed by atoms with Crippen LogP contribution >= 0.6 is 0 Å². The van der Waals surface area contributed by atoms with Crippen LogP contribution in [0.1, 0.15) is 38.8 Å². The lowest BCUT2D eigenvalue weighted by molar-refractivity contribution is -0.318. The SMILES string of the molecule is O=C1CC(c2ccc(OC3OC(CO)C(O)C(O)C3OC3OCC(O)(COC(=O)c4c[nH]c5ccccc45)C3O)cc2)Oc2cc(O)ccc21. The number of fused-ring (bicyclic) bond motifs is 2. The van der Waals surface area contributed by atoms with Crippen molar-refractivity contribution in [2.45, 2.75) is 61.2 Å². The molecule has 4 heterocycles. The second kappa shape index (κ2) is 13.6. The molecule has 3 aliphatic heterocycles. The molecule has 7 N–H and O–H groups in total. The Bertz CT molecular complexity index is 1860. The number of aromatic nitrogens is 1. The number of ether oxygens (including phenoxy) is 6. The van der Waals surface area contributed by atoms with Gasteiger partial charge in [-0.05, 0) is 35.9 Å². The number of aromatic hydroxyl groups is 1. The highest BCUT2D eigenvalue weighted by Gasteiger charge is 2.54. The summed E-state index contributed by atoms with van der Waals surface area (Å²) in [5, 5.41) is 64.0. The van der Waals surface area contributed by atoms with Crippen molar-refractivity contribution in [1.82, 2.24) is 4.98 Å². The summed E-state index contributed by atoms with van der Waals surface area (Å²) in [5.41, 5.74) is -0.135. The number of aromatic amines is 1. The average Bonchev–Trinajstić information content (AvgIpc) is 3.67. The zero-order chi connectivity index (χ0) is 35.2. The van der Waals surface area contributed by atoms with Gasteiger partial charge in [-0.15, -0.1) is 0 Å². The molecule has 0 bridgehead atoms. The van der Waals surface area contributed by atoms with E-state index < -0.39 is 80.6 Å². The van der Waals surface area contributed by atoms with Gasteiger partial charge in [0, 0.05) is 23.2 Å². The van der Waals surface area contributed by atoms with E-state index in [0.29, 0.717) is 22.0 Å². The predicted molar refractivity (Wildman–Crippen MR) is 169 cm³/mol. The molecule has 15 nitrogen and oxygen atoms in total. The number of carbonyl (C=O) groups excluding carboxylic acids is 2. The standard InChI is InChI=1S/C35H35NO14/c37-14-27-28(40)29(41)30(50-34-31(42)35(44,16-46-34)15-45-32(43)22-13-36-23-4-2-1-3-20(22)23)33(49-27)47-19-8-5-17(6-9-19)25-12-24(39)21-10-7-18(38)11-26(21)48-25/h1-11,13,25,27-31,33-34,36-38,40-42,44H,12,14-16H2. The van der Waals surface area contributed by atoms with Crippen LogP contribution in [-0.4, -0.2) is 116 Å². The Labute approximate surface area is 284 Å². The van der Waals surface area contributed by atoms with Gasteiger partial charge < -0.3 is 64.0 Å². The molecule has 0 saturated carbocycles. The van der Waals surface area contributed by atoms with Crippen LogP contribution in [0.4, 0.5) is 0 Å². The van der Waals surface area contributed by atoms with Crippen LogP contribution < -0.4 is 9.47 Å². The molecule has 50 heavy (non-hydrogen) atoms. The molecule has 9 atom stereocenters. The third-order valence-electron chi connectivity index (χ3n) is 9.09. The number of para-hydroxylation sites is 1. The summed E-state index contributed by atoms with van der Waals surface area (Å²) in [4.78, 5) is 28.5. The Kier molecular flexibility index (Phi) is 9.23. The molecule has 1 aromatic heterocycles. The fourth-order valence-corrected chi connectivity index (χ4v) is 6.25. The number of H-pyrrole nitrogens is 1. The molecule has 7 rings (SSSR count). The van der Waals surface area contributed by atoms with E-state index in [4.69, 9.17) is 28.4 Å². The van der Waals surface area contributed by atoms with E-state index in [0.717, 1.165) is 0 Å². The molecule has 0 radical (unpaired) electrons. The second-order valence-electron chi connectivity index (χ2n) is 12.5. The van der Waals surface area contributed by atoms with E-state index >= 15 is 0 Å². The molecule has 15 heteroatoms. The highest BCUT2D eigenvalue weighted by Crippen LogP contribution is 2.38. The summed E-state index contributed by atoms with van der Waals surface area (Å²) in [5.74, 6) is -0.456. The van der Waals surface area contributed by atoms with Crippen molar-refractivity contribution in [2.75, 3.05) is 19.8 Å². The number of phenols is 1. The van der Waals surface area contributed by atoms with Crippen LogP contribution in [0.2, 0.25) is 0 Å². The number of ketones is 1. The monoisotopic (exact) mass is 693 g/mol. The molecule has 0 spiro atoms. The van der Waals surface area contributed by atoms with Crippen molar-refractivity contribution in [1.29, 1.82) is 0 Å². The number of carbonyl (C=O) groups is 2. The minimum atomic E-state index is -2.09. The minimum Gasteiger partial charge on any atom is -0.508 e. The predicted octanol–water partition coefficient (Wildman–Crippen LogP) is 1.09. The molecule has 2 fully saturated rings. The van der Waals surface area contributed by atoms with E-state index in [1.165, 1.54) is 24.4 Å². The maximum absolute atomic E-state index is 12.8. The fraction of sp³-hybridized carbons (Fsp3) is 0.371. The molecule has 2 saturated heterocycles. The number of esters is 1. The Hall–Kier alpha value is -4.58. The number of hydrogen-bond acceptors (Lipinski definition) is 14. The fourth-order valence-electron chi connectivity index (χ4n) is 6.25. The Morgan fingerprint density at radius 3 is 2.56 bits per heavy atom. The van der Waals surface area contributed by atoms with Crippen molar-refractivity contribution in [3.8, 4) is 17.2 Å². The third kappa shape index (κ3) is 6.41. The topological polar surface area (TPSA) is 227 Å². The smallest absolute Gasteiger partial charge is 0.340 e. The Morgan fingerprint density at radius 2 is 1.78 bits per heavy atom. The number of benzene rings is 3. The average molecular weight is 694 g/mol. The van der Waals surface area contributed by atoms with Gasteiger partial charge in [-0.25, -0.2) is 4.79 Å². The number of aliphatic hydroxyl groups excluding tert-OH is 4. The van der Waals surface area contributed by atoms with Crippen molar-refractivity contribution >= 4 is 22.7 Å². The summed E-state index contributed by atoms with van der Waals surface area (Å²) in [6.45, 7) is -1.83. The van der Waals surface area contributed by atoms with E-state index in [-0.39, 0.29) is 35.0 Å².